The van der Waals surface area contributed by atoms with Crippen molar-refractivity contribution in [1.29, 1.82) is 0 Å². The fraction of sp³-hybridized carbons (Fsp3) is 0.333. The maximum absolute atomic E-state index is 14.1. The Kier molecular flexibility index (Phi) is 6.09. The highest BCUT2D eigenvalue weighted by Gasteiger charge is 2.49. The third-order valence-electron chi connectivity index (χ3n) is 6.75. The van der Waals surface area contributed by atoms with Crippen LogP contribution in [0.15, 0.2) is 72.9 Å². The van der Waals surface area contributed by atoms with E-state index >= 15 is 0 Å². The van der Waals surface area contributed by atoms with E-state index in [0.29, 0.717) is 19.6 Å². The molecule has 1 aromatic heterocycles. The summed E-state index contributed by atoms with van der Waals surface area (Å²) in [5.41, 5.74) is 2.54. The van der Waals surface area contributed by atoms with E-state index in [9.17, 15) is 9.18 Å². The number of amides is 1. The predicted molar refractivity (Wildman–Crippen MR) is 124 cm³/mol. The fourth-order valence-corrected chi connectivity index (χ4v) is 5.27. The zero-order valence-corrected chi connectivity index (χ0v) is 18.5. The minimum absolute atomic E-state index is 0.0408. The molecule has 1 N–H and O–H groups in total. The van der Waals surface area contributed by atoms with E-state index in [1.807, 2.05) is 42.5 Å². The van der Waals surface area contributed by atoms with Gasteiger partial charge in [-0.2, -0.15) is 0 Å². The Morgan fingerprint density at radius 2 is 2.00 bits per heavy atom. The normalized spacial score (nSPS) is 22.9. The molecule has 0 radical (unpaired) electrons. The first-order chi connectivity index (χ1) is 16.1. The number of aromatic nitrogens is 1. The molecule has 170 valence electrons. The van der Waals surface area contributed by atoms with E-state index in [1.165, 1.54) is 6.07 Å². The molecular formula is C27H28FN3O2. The lowest BCUT2D eigenvalue weighted by Gasteiger charge is -2.39. The third-order valence-corrected chi connectivity index (χ3v) is 6.75. The molecular weight excluding hydrogens is 417 g/mol. The van der Waals surface area contributed by atoms with Crippen molar-refractivity contribution in [3.05, 3.63) is 95.6 Å². The highest BCUT2D eigenvalue weighted by Crippen LogP contribution is 2.42. The molecule has 2 aromatic carbocycles. The van der Waals surface area contributed by atoms with E-state index in [4.69, 9.17) is 4.74 Å². The van der Waals surface area contributed by atoms with Gasteiger partial charge in [0.05, 0.1) is 11.2 Å². The summed E-state index contributed by atoms with van der Waals surface area (Å²) in [5, 5.41) is 3.29. The molecule has 3 aromatic rings. The van der Waals surface area contributed by atoms with Crippen LogP contribution in [0.25, 0.3) is 0 Å². The van der Waals surface area contributed by atoms with Gasteiger partial charge in [0, 0.05) is 43.7 Å². The second-order valence-corrected chi connectivity index (χ2v) is 9.05. The molecule has 2 saturated heterocycles. The Morgan fingerprint density at radius 3 is 2.82 bits per heavy atom. The van der Waals surface area contributed by atoms with Crippen LogP contribution in [0, 0.1) is 5.82 Å². The van der Waals surface area contributed by atoms with Crippen LogP contribution in [-0.2, 0) is 17.9 Å². The zero-order chi connectivity index (χ0) is 22.7. The molecule has 0 aliphatic carbocycles. The second-order valence-electron chi connectivity index (χ2n) is 9.05. The summed E-state index contributed by atoms with van der Waals surface area (Å²) in [4.78, 5) is 19.1. The number of nitrogens with zero attached hydrogens (tertiary/aromatic N) is 2. The summed E-state index contributed by atoms with van der Waals surface area (Å²) in [5.74, 6) is 0.721. The van der Waals surface area contributed by atoms with Crippen LogP contribution in [0.1, 0.15) is 42.0 Å². The van der Waals surface area contributed by atoms with Crippen LogP contribution >= 0.6 is 0 Å². The van der Waals surface area contributed by atoms with Crippen molar-refractivity contribution in [2.24, 2.45) is 0 Å². The largest absolute Gasteiger partial charge is 0.487 e. The average molecular weight is 446 g/mol. The first-order valence-corrected chi connectivity index (χ1v) is 11.5. The summed E-state index contributed by atoms with van der Waals surface area (Å²) in [6.45, 7) is 2.58. The Balaban J connectivity index is 1.37. The summed E-state index contributed by atoms with van der Waals surface area (Å²) >= 11 is 0. The Hall–Kier alpha value is -3.25. The Morgan fingerprint density at radius 1 is 1.12 bits per heavy atom. The average Bonchev–Trinajstić information content (AvgIpc) is 3.15. The van der Waals surface area contributed by atoms with Crippen molar-refractivity contribution in [2.45, 2.75) is 43.9 Å². The molecule has 5 nitrogen and oxygen atoms in total. The molecule has 33 heavy (non-hydrogen) atoms. The van der Waals surface area contributed by atoms with E-state index < -0.39 is 0 Å². The summed E-state index contributed by atoms with van der Waals surface area (Å²) < 4.78 is 20.2. The van der Waals surface area contributed by atoms with Gasteiger partial charge in [-0.25, -0.2) is 4.39 Å². The first kappa shape index (κ1) is 21.6. The monoisotopic (exact) mass is 445 g/mol. The number of likely N-dealkylation sites (tertiary alicyclic amines) is 1. The molecule has 0 saturated carbocycles. The van der Waals surface area contributed by atoms with Gasteiger partial charge in [-0.1, -0.05) is 36.4 Å². The number of piperidine rings is 1. The number of carbonyl (C=O) groups excluding carboxylic acids is 1. The van der Waals surface area contributed by atoms with Gasteiger partial charge in [-0.05, 0) is 48.7 Å². The number of ether oxygens (including phenoxy) is 1. The molecule has 2 aliphatic heterocycles. The molecule has 6 heteroatoms. The first-order valence-electron chi connectivity index (χ1n) is 11.5. The van der Waals surface area contributed by atoms with E-state index in [2.05, 4.69) is 21.3 Å². The molecule has 5 rings (SSSR count). The lowest BCUT2D eigenvalue weighted by molar-refractivity contribution is -0.125. The quantitative estimate of drug-likeness (QED) is 0.610. The highest BCUT2D eigenvalue weighted by molar-refractivity contribution is 5.78. The summed E-state index contributed by atoms with van der Waals surface area (Å²) in [7, 11) is 0. The van der Waals surface area contributed by atoms with Gasteiger partial charge in [0.1, 0.15) is 18.2 Å². The number of benzene rings is 2. The number of hydrogen-bond acceptors (Lipinski definition) is 4. The van der Waals surface area contributed by atoms with Crippen molar-refractivity contribution in [3.63, 3.8) is 0 Å². The van der Waals surface area contributed by atoms with Crippen LogP contribution in [0.5, 0.6) is 5.75 Å². The van der Waals surface area contributed by atoms with Crippen LogP contribution in [0.2, 0.25) is 0 Å². The van der Waals surface area contributed by atoms with E-state index in [1.54, 1.807) is 18.3 Å². The lowest BCUT2D eigenvalue weighted by Crippen LogP contribution is -2.56. The van der Waals surface area contributed by atoms with Crippen molar-refractivity contribution < 1.29 is 13.9 Å². The van der Waals surface area contributed by atoms with Gasteiger partial charge in [-0.3, -0.25) is 14.7 Å². The van der Waals surface area contributed by atoms with E-state index in [0.717, 1.165) is 48.5 Å². The number of nitrogens with one attached hydrogen (secondary N) is 1. The maximum Gasteiger partial charge on any atom is 0.220 e. The number of hydrogen-bond donors (Lipinski definition) is 1. The predicted octanol–water partition coefficient (Wildman–Crippen LogP) is 4.44. The molecule has 0 unspecified atom stereocenters. The molecule has 2 fully saturated rings. The van der Waals surface area contributed by atoms with Gasteiger partial charge in [0.15, 0.2) is 0 Å². The minimum atomic E-state index is -0.368. The number of carbonyl (C=O) groups is 1. The summed E-state index contributed by atoms with van der Waals surface area (Å²) in [6, 6.07) is 20.6. The molecule has 2 atom stereocenters. The van der Waals surface area contributed by atoms with Gasteiger partial charge in [-0.15, -0.1) is 0 Å². The topological polar surface area (TPSA) is 54.5 Å². The van der Waals surface area contributed by atoms with Crippen LogP contribution in [0.3, 0.4) is 0 Å². The number of pyridine rings is 1. The van der Waals surface area contributed by atoms with Crippen LogP contribution in [0.4, 0.5) is 4.39 Å². The molecule has 0 bridgehead atoms. The minimum Gasteiger partial charge on any atom is -0.487 e. The lowest BCUT2D eigenvalue weighted by atomic mass is 9.76. The molecule has 2 aliphatic rings. The number of para-hydroxylation sites is 1. The number of halogens is 1. The van der Waals surface area contributed by atoms with Crippen molar-refractivity contribution in [1.82, 2.24) is 15.2 Å². The van der Waals surface area contributed by atoms with Gasteiger partial charge in [0.25, 0.3) is 0 Å². The molecule has 1 amide bonds. The van der Waals surface area contributed by atoms with Crippen LogP contribution in [-0.4, -0.2) is 34.4 Å². The maximum atomic E-state index is 14.1. The molecule has 3 heterocycles. The highest BCUT2D eigenvalue weighted by atomic mass is 19.1. The van der Waals surface area contributed by atoms with Gasteiger partial charge < -0.3 is 10.1 Å². The second kappa shape index (κ2) is 9.32. The summed E-state index contributed by atoms with van der Waals surface area (Å²) in [6.07, 6.45) is 4.07. The van der Waals surface area contributed by atoms with Crippen molar-refractivity contribution in [3.8, 4) is 5.75 Å². The fourth-order valence-electron chi connectivity index (χ4n) is 5.27. The van der Waals surface area contributed by atoms with E-state index in [-0.39, 0.29) is 23.2 Å². The van der Waals surface area contributed by atoms with Gasteiger partial charge >= 0.3 is 0 Å². The molecule has 1 spiro atoms. The SMILES string of the molecule is O=C1CCC[C@]2(CN(Cc3ccccc3OCc3ccccn3)C[C@H]2c2cccc(F)c2)N1. The standard InChI is InChI=1S/C27H28FN3O2/c28-22-9-5-8-20(15-22)24-17-31(19-27(24)13-6-12-26(32)30-27)16-21-7-1-2-11-25(21)33-18-23-10-3-4-14-29-23/h1-5,7-11,14-15,24H,6,12-13,16-19H2,(H,30,32)/t24-,27+/m0/s1. The smallest absolute Gasteiger partial charge is 0.220 e. The number of rotatable bonds is 6. The van der Waals surface area contributed by atoms with Crippen molar-refractivity contribution in [2.75, 3.05) is 13.1 Å². The third kappa shape index (κ3) is 4.76. The zero-order valence-electron chi connectivity index (χ0n) is 18.5. The van der Waals surface area contributed by atoms with Crippen molar-refractivity contribution >= 4 is 5.91 Å². The Labute approximate surface area is 193 Å². The van der Waals surface area contributed by atoms with Crippen LogP contribution < -0.4 is 10.1 Å². The van der Waals surface area contributed by atoms with Gasteiger partial charge in [0.2, 0.25) is 5.91 Å². The Bertz CT molecular complexity index is 1120.